The van der Waals surface area contributed by atoms with Gasteiger partial charge in [0.2, 0.25) is 0 Å². The lowest BCUT2D eigenvalue weighted by Gasteiger charge is -2.16. The lowest BCUT2D eigenvalue weighted by Crippen LogP contribution is -2.25. The van der Waals surface area contributed by atoms with Crippen molar-refractivity contribution in [1.82, 2.24) is 25.6 Å². The molecule has 2 unspecified atom stereocenters. The Morgan fingerprint density at radius 3 is 2.66 bits per heavy atom. The average molecular weight is 470 g/mol. The Bertz CT molecular complexity index is 1320. The van der Waals surface area contributed by atoms with E-state index in [0.29, 0.717) is 29.2 Å². The second-order valence-electron chi connectivity index (χ2n) is 9.16. The van der Waals surface area contributed by atoms with Crippen LogP contribution in [0.25, 0.3) is 10.9 Å². The molecule has 1 fully saturated rings. The van der Waals surface area contributed by atoms with Crippen molar-refractivity contribution in [2.24, 2.45) is 5.92 Å². The van der Waals surface area contributed by atoms with Gasteiger partial charge in [0.15, 0.2) is 11.9 Å². The molecule has 7 heteroatoms. The zero-order chi connectivity index (χ0) is 24.0. The highest BCUT2D eigenvalue weighted by molar-refractivity contribution is 5.79. The number of nitrogens with zero attached hydrogens (tertiary/aromatic N) is 2. The molecule has 5 rings (SSSR count). The Kier molecular flexibility index (Phi) is 7.16. The van der Waals surface area contributed by atoms with Gasteiger partial charge in [-0.15, -0.1) is 0 Å². The first-order valence-electron chi connectivity index (χ1n) is 12.2. The second kappa shape index (κ2) is 10.8. The predicted molar refractivity (Wildman–Crippen MR) is 138 cm³/mol. The Hall–Kier alpha value is -3.55. The maximum atomic E-state index is 12.8. The first-order chi connectivity index (χ1) is 17.2. The molecule has 2 aromatic heterocycles. The maximum absolute atomic E-state index is 12.8. The van der Waals surface area contributed by atoms with Crippen LogP contribution in [-0.4, -0.2) is 34.6 Å². The van der Waals surface area contributed by atoms with Crippen LogP contribution in [0.2, 0.25) is 0 Å². The van der Waals surface area contributed by atoms with Gasteiger partial charge in [-0.25, -0.2) is 4.98 Å². The molecule has 1 aliphatic rings. The summed E-state index contributed by atoms with van der Waals surface area (Å²) in [6.45, 7) is 5.50. The van der Waals surface area contributed by atoms with E-state index in [0.717, 1.165) is 37.5 Å². The number of aromatic nitrogens is 3. The zero-order valence-corrected chi connectivity index (χ0v) is 20.0. The lowest BCUT2D eigenvalue weighted by atomic mass is 10.1. The Morgan fingerprint density at radius 2 is 1.89 bits per heavy atom. The topological polar surface area (TPSA) is 91.9 Å². The van der Waals surface area contributed by atoms with E-state index in [9.17, 15) is 4.79 Å². The van der Waals surface area contributed by atoms with Crippen molar-refractivity contribution in [2.45, 2.75) is 32.4 Å². The third kappa shape index (κ3) is 5.75. The van der Waals surface area contributed by atoms with Crippen molar-refractivity contribution in [3.8, 4) is 5.75 Å². The number of aromatic amines is 1. The van der Waals surface area contributed by atoms with Crippen molar-refractivity contribution in [1.29, 1.82) is 0 Å². The van der Waals surface area contributed by atoms with Crippen molar-refractivity contribution < 1.29 is 4.74 Å². The Morgan fingerprint density at radius 1 is 1.09 bits per heavy atom. The fraction of sp³-hybridized carbons (Fsp3) is 0.321. The fourth-order valence-corrected chi connectivity index (χ4v) is 4.52. The largest absolute Gasteiger partial charge is 0.483 e. The van der Waals surface area contributed by atoms with Crippen LogP contribution in [-0.2, 0) is 13.0 Å². The van der Waals surface area contributed by atoms with E-state index in [2.05, 4.69) is 57.0 Å². The summed E-state index contributed by atoms with van der Waals surface area (Å²) >= 11 is 0. The van der Waals surface area contributed by atoms with Gasteiger partial charge in [0, 0.05) is 12.7 Å². The molecule has 1 saturated heterocycles. The quantitative estimate of drug-likeness (QED) is 0.346. The minimum Gasteiger partial charge on any atom is -0.483 e. The predicted octanol–water partition coefficient (Wildman–Crippen LogP) is 3.75. The van der Waals surface area contributed by atoms with Crippen LogP contribution in [0.15, 0.2) is 71.7 Å². The van der Waals surface area contributed by atoms with E-state index in [4.69, 9.17) is 9.72 Å². The van der Waals surface area contributed by atoms with E-state index < -0.39 is 6.10 Å². The van der Waals surface area contributed by atoms with Crippen molar-refractivity contribution in [3.05, 3.63) is 99.9 Å². The molecule has 7 nitrogen and oxygen atoms in total. The minimum atomic E-state index is -0.419. The zero-order valence-electron chi connectivity index (χ0n) is 20.0. The summed E-state index contributed by atoms with van der Waals surface area (Å²) in [6.07, 6.45) is 3.30. The monoisotopic (exact) mass is 469 g/mol. The number of hydrogen-bond acceptors (Lipinski definition) is 6. The van der Waals surface area contributed by atoms with Crippen molar-refractivity contribution >= 4 is 10.9 Å². The van der Waals surface area contributed by atoms with Gasteiger partial charge >= 0.3 is 0 Å². The van der Waals surface area contributed by atoms with Gasteiger partial charge in [-0.2, -0.15) is 0 Å². The molecule has 1 aliphatic heterocycles. The SMILES string of the molecule is CC(Oc1ccc(Cc2ccccc2)cc1)c1nc2c(CNCC3CCNC3)nccc2c(=O)[nH]1. The third-order valence-corrected chi connectivity index (χ3v) is 6.48. The Balaban J connectivity index is 1.29. The van der Waals surface area contributed by atoms with Crippen LogP contribution >= 0.6 is 0 Å². The van der Waals surface area contributed by atoms with E-state index in [1.54, 1.807) is 12.3 Å². The standard InChI is InChI=1S/C28H31N5O2/c1-19(35-23-9-7-21(8-10-23)15-20-5-3-2-4-6-20)27-32-26-24(28(34)33-27)12-14-31-25(26)18-30-17-22-11-13-29-16-22/h2-10,12,14,19,22,29-30H,11,13,15-18H2,1H3,(H,32,33,34). The van der Waals surface area contributed by atoms with Crippen molar-refractivity contribution in [2.75, 3.05) is 19.6 Å². The molecule has 0 amide bonds. The molecule has 3 heterocycles. The maximum Gasteiger partial charge on any atom is 0.258 e. The Labute approximate surface area is 205 Å². The lowest BCUT2D eigenvalue weighted by molar-refractivity contribution is 0.216. The second-order valence-corrected chi connectivity index (χ2v) is 9.16. The molecule has 0 spiro atoms. The summed E-state index contributed by atoms with van der Waals surface area (Å²) in [5.74, 6) is 1.85. The average Bonchev–Trinajstić information content (AvgIpc) is 3.40. The van der Waals surface area contributed by atoms with Crippen LogP contribution in [0, 0.1) is 5.92 Å². The molecule has 2 aromatic carbocycles. The highest BCUT2D eigenvalue weighted by Gasteiger charge is 2.17. The van der Waals surface area contributed by atoms with E-state index in [1.807, 2.05) is 25.1 Å². The van der Waals surface area contributed by atoms with Gasteiger partial charge in [-0.05, 0) is 74.6 Å². The molecule has 3 N–H and O–H groups in total. The number of rotatable bonds is 9. The van der Waals surface area contributed by atoms with E-state index in [1.165, 1.54) is 17.5 Å². The summed E-state index contributed by atoms with van der Waals surface area (Å²) in [5.41, 5.74) is 3.70. The summed E-state index contributed by atoms with van der Waals surface area (Å²) in [5, 5.41) is 7.41. The van der Waals surface area contributed by atoms with E-state index >= 15 is 0 Å². The minimum absolute atomic E-state index is 0.178. The number of hydrogen-bond donors (Lipinski definition) is 3. The summed E-state index contributed by atoms with van der Waals surface area (Å²) in [7, 11) is 0. The van der Waals surface area contributed by atoms with Crippen molar-refractivity contribution in [3.63, 3.8) is 0 Å². The molecular weight excluding hydrogens is 438 g/mol. The fourth-order valence-electron chi connectivity index (χ4n) is 4.52. The number of ether oxygens (including phenoxy) is 1. The highest BCUT2D eigenvalue weighted by atomic mass is 16.5. The smallest absolute Gasteiger partial charge is 0.258 e. The third-order valence-electron chi connectivity index (χ3n) is 6.48. The van der Waals surface area contributed by atoms with Gasteiger partial charge < -0.3 is 20.4 Å². The highest BCUT2D eigenvalue weighted by Crippen LogP contribution is 2.22. The van der Waals surface area contributed by atoms with Crippen LogP contribution in [0.4, 0.5) is 0 Å². The molecule has 0 saturated carbocycles. The summed E-state index contributed by atoms with van der Waals surface area (Å²) < 4.78 is 6.12. The number of fused-ring (bicyclic) bond motifs is 1. The molecule has 0 bridgehead atoms. The molecule has 35 heavy (non-hydrogen) atoms. The van der Waals surface area contributed by atoms with Gasteiger partial charge in [0.1, 0.15) is 11.3 Å². The number of benzene rings is 2. The van der Waals surface area contributed by atoms with Crippen LogP contribution in [0.1, 0.15) is 42.1 Å². The van der Waals surface area contributed by atoms with Gasteiger partial charge in [0.25, 0.3) is 5.56 Å². The van der Waals surface area contributed by atoms with Gasteiger partial charge in [0.05, 0.1) is 11.1 Å². The number of pyridine rings is 1. The summed E-state index contributed by atoms with van der Waals surface area (Å²) in [6, 6.07) is 20.1. The molecule has 0 radical (unpaired) electrons. The number of H-pyrrole nitrogens is 1. The summed E-state index contributed by atoms with van der Waals surface area (Å²) in [4.78, 5) is 25.0. The molecule has 4 aromatic rings. The van der Waals surface area contributed by atoms with E-state index in [-0.39, 0.29) is 5.56 Å². The first-order valence-corrected chi connectivity index (χ1v) is 12.2. The molecular formula is C28H31N5O2. The van der Waals surface area contributed by atoms with Crippen LogP contribution in [0.5, 0.6) is 5.75 Å². The molecule has 180 valence electrons. The van der Waals surface area contributed by atoms with Crippen LogP contribution in [0.3, 0.4) is 0 Å². The number of nitrogens with one attached hydrogen (secondary N) is 3. The first kappa shape index (κ1) is 23.2. The molecule has 0 aliphatic carbocycles. The van der Waals surface area contributed by atoms with Gasteiger partial charge in [-0.1, -0.05) is 42.5 Å². The van der Waals surface area contributed by atoms with Crippen LogP contribution < -0.4 is 20.9 Å². The normalized spacial score (nSPS) is 16.4. The van der Waals surface area contributed by atoms with Gasteiger partial charge in [-0.3, -0.25) is 9.78 Å². The molecule has 2 atom stereocenters.